The third-order valence-electron chi connectivity index (χ3n) is 8.27. The van der Waals surface area contributed by atoms with Crippen molar-refractivity contribution in [3.63, 3.8) is 0 Å². The fourth-order valence-corrected chi connectivity index (χ4v) is 5.66. The van der Waals surface area contributed by atoms with Gasteiger partial charge >= 0.3 is 0 Å². The van der Waals surface area contributed by atoms with E-state index in [9.17, 15) is 5.26 Å². The first-order valence-electron chi connectivity index (χ1n) is 13.0. The second-order valence-corrected chi connectivity index (χ2v) is 10.9. The van der Waals surface area contributed by atoms with E-state index in [1.165, 1.54) is 48.8 Å². The van der Waals surface area contributed by atoms with Gasteiger partial charge in [-0.25, -0.2) is 0 Å². The van der Waals surface area contributed by atoms with Crippen LogP contribution in [0.3, 0.4) is 0 Å². The number of fused-ring (bicyclic) bond motifs is 1. The van der Waals surface area contributed by atoms with Crippen LogP contribution >= 0.6 is 0 Å². The minimum atomic E-state index is 0.455. The Labute approximate surface area is 199 Å². The minimum Gasteiger partial charge on any atom is -0.347 e. The van der Waals surface area contributed by atoms with Gasteiger partial charge in [-0.15, -0.1) is 0 Å². The van der Waals surface area contributed by atoms with Crippen LogP contribution in [0.25, 0.3) is 5.57 Å². The summed E-state index contributed by atoms with van der Waals surface area (Å²) in [7, 11) is 0. The zero-order chi connectivity index (χ0) is 22.9. The van der Waals surface area contributed by atoms with Gasteiger partial charge in [0.2, 0.25) is 0 Å². The van der Waals surface area contributed by atoms with Crippen molar-refractivity contribution in [3.05, 3.63) is 52.2 Å². The normalized spacial score (nSPS) is 25.9. The average Bonchev–Trinajstić information content (AvgIpc) is 3.72. The molecular formula is C29H38N4. The molecule has 1 aliphatic heterocycles. The van der Waals surface area contributed by atoms with Crippen molar-refractivity contribution in [2.24, 2.45) is 22.7 Å². The van der Waals surface area contributed by atoms with E-state index in [-0.39, 0.29) is 0 Å². The molecule has 0 spiro atoms. The van der Waals surface area contributed by atoms with Crippen LogP contribution in [0.1, 0.15) is 81.4 Å². The van der Waals surface area contributed by atoms with Gasteiger partial charge in [0.1, 0.15) is 11.9 Å². The van der Waals surface area contributed by atoms with E-state index < -0.39 is 0 Å². The number of allylic oxidation sites excluding steroid dienone is 1. The smallest absolute Gasteiger partial charge is 0.129 e. The standard InChI is InChI=1S/C29H38N4/c1-18-4-9-25-26(12-18)19(2)24(13-21-5-6-21)14-27(28(25)15-30)29-32-16-22(17-33-29)10-11-31-20(3)23-7-8-23/h4,9,12,16,19-21,23-24,31H,5-8,10-11,13-14,17H2,1-3H3,(H,32,33). The van der Waals surface area contributed by atoms with E-state index in [2.05, 4.69) is 61.9 Å². The summed E-state index contributed by atoms with van der Waals surface area (Å²) in [5, 5.41) is 17.4. The van der Waals surface area contributed by atoms with Gasteiger partial charge in [-0.1, -0.05) is 43.5 Å². The van der Waals surface area contributed by atoms with E-state index in [0.717, 1.165) is 60.3 Å². The Kier molecular flexibility index (Phi) is 6.43. The highest BCUT2D eigenvalue weighted by Gasteiger charge is 2.35. The molecule has 4 aliphatic rings. The van der Waals surface area contributed by atoms with Crippen LogP contribution in [0.2, 0.25) is 0 Å². The first-order chi connectivity index (χ1) is 16.0. The molecule has 33 heavy (non-hydrogen) atoms. The molecule has 2 fully saturated rings. The van der Waals surface area contributed by atoms with Crippen LogP contribution in [-0.4, -0.2) is 25.0 Å². The third kappa shape index (κ3) is 5.09. The Morgan fingerprint density at radius 3 is 2.73 bits per heavy atom. The lowest BCUT2D eigenvalue weighted by Crippen LogP contribution is -2.31. The number of aliphatic imine (C=N–C) groups is 1. The van der Waals surface area contributed by atoms with Crippen molar-refractivity contribution in [2.45, 2.75) is 77.7 Å². The summed E-state index contributed by atoms with van der Waals surface area (Å²) in [6.07, 6.45) is 10.9. The second-order valence-electron chi connectivity index (χ2n) is 10.9. The third-order valence-corrected chi connectivity index (χ3v) is 8.27. The van der Waals surface area contributed by atoms with Gasteiger partial charge in [-0.05, 0) is 92.9 Å². The lowest BCUT2D eigenvalue weighted by Gasteiger charge is -2.25. The van der Waals surface area contributed by atoms with Crippen molar-refractivity contribution in [2.75, 3.05) is 13.1 Å². The maximum Gasteiger partial charge on any atom is 0.129 e. The van der Waals surface area contributed by atoms with Gasteiger partial charge in [0, 0.05) is 17.8 Å². The predicted octanol–water partition coefficient (Wildman–Crippen LogP) is 5.86. The molecule has 4 nitrogen and oxygen atoms in total. The molecule has 2 N–H and O–H groups in total. The molecule has 4 heteroatoms. The first-order valence-corrected chi connectivity index (χ1v) is 13.0. The molecule has 1 heterocycles. The molecule has 2 saturated carbocycles. The van der Waals surface area contributed by atoms with E-state index in [4.69, 9.17) is 4.99 Å². The summed E-state index contributed by atoms with van der Waals surface area (Å²) in [4.78, 5) is 4.96. The number of rotatable bonds is 8. The number of aryl methyl sites for hydroxylation is 1. The number of nitriles is 1. The fourth-order valence-electron chi connectivity index (χ4n) is 5.66. The number of benzene rings is 1. The monoisotopic (exact) mass is 442 g/mol. The quantitative estimate of drug-likeness (QED) is 0.530. The van der Waals surface area contributed by atoms with Gasteiger partial charge in [0.15, 0.2) is 0 Å². The average molecular weight is 443 g/mol. The molecule has 174 valence electrons. The summed E-state index contributed by atoms with van der Waals surface area (Å²) >= 11 is 0. The lowest BCUT2D eigenvalue weighted by atomic mass is 9.80. The number of hydrogen-bond donors (Lipinski definition) is 2. The van der Waals surface area contributed by atoms with Gasteiger partial charge in [-0.2, -0.15) is 5.26 Å². The number of amidine groups is 1. The lowest BCUT2D eigenvalue weighted by molar-refractivity contribution is 0.395. The molecule has 1 aromatic carbocycles. The number of nitrogens with one attached hydrogen (secondary N) is 2. The first kappa shape index (κ1) is 22.4. The fraction of sp³-hybridized carbons (Fsp3) is 0.586. The Bertz CT molecular complexity index is 1030. The number of hydrogen-bond acceptors (Lipinski definition) is 4. The van der Waals surface area contributed by atoms with E-state index in [0.29, 0.717) is 17.9 Å². The molecule has 0 amide bonds. The van der Waals surface area contributed by atoms with E-state index in [1.54, 1.807) is 0 Å². The van der Waals surface area contributed by atoms with Gasteiger partial charge in [-0.3, -0.25) is 4.99 Å². The highest BCUT2D eigenvalue weighted by atomic mass is 15.0. The van der Waals surface area contributed by atoms with Crippen molar-refractivity contribution in [3.8, 4) is 6.07 Å². The molecular weight excluding hydrogens is 404 g/mol. The van der Waals surface area contributed by atoms with Gasteiger partial charge in [0.05, 0.1) is 12.1 Å². The van der Waals surface area contributed by atoms with Crippen LogP contribution in [0.4, 0.5) is 0 Å². The summed E-state index contributed by atoms with van der Waals surface area (Å²) in [6.45, 7) is 8.57. The largest absolute Gasteiger partial charge is 0.347 e. The van der Waals surface area contributed by atoms with Crippen LogP contribution in [0, 0.1) is 36.0 Å². The van der Waals surface area contributed by atoms with Crippen LogP contribution in [-0.2, 0) is 0 Å². The van der Waals surface area contributed by atoms with E-state index in [1.807, 2.05) is 0 Å². The Balaban J connectivity index is 1.35. The highest BCUT2D eigenvalue weighted by molar-refractivity contribution is 6.08. The van der Waals surface area contributed by atoms with Crippen molar-refractivity contribution >= 4 is 11.4 Å². The highest BCUT2D eigenvalue weighted by Crippen LogP contribution is 2.46. The number of nitrogens with zero attached hydrogens (tertiary/aromatic N) is 2. The molecule has 3 atom stereocenters. The molecule has 3 aliphatic carbocycles. The maximum atomic E-state index is 10.3. The molecule has 1 aromatic rings. The molecule has 0 bridgehead atoms. The second kappa shape index (κ2) is 9.47. The van der Waals surface area contributed by atoms with Crippen molar-refractivity contribution in [1.29, 1.82) is 5.26 Å². The molecule has 0 aromatic heterocycles. The molecule has 0 saturated heterocycles. The zero-order valence-electron chi connectivity index (χ0n) is 20.5. The summed E-state index contributed by atoms with van der Waals surface area (Å²) in [5.41, 5.74) is 7.00. The SMILES string of the molecule is Cc1ccc2c(c1)C(C)C(CC1CC1)CC(C1=NCC(CCNC(C)C3CC3)=CN1)=C2C#N. The van der Waals surface area contributed by atoms with Crippen molar-refractivity contribution < 1.29 is 0 Å². The van der Waals surface area contributed by atoms with Crippen LogP contribution < -0.4 is 10.6 Å². The van der Waals surface area contributed by atoms with Crippen LogP contribution in [0.5, 0.6) is 0 Å². The summed E-state index contributed by atoms with van der Waals surface area (Å²) in [5.74, 6) is 3.68. The Morgan fingerprint density at radius 2 is 2.06 bits per heavy atom. The van der Waals surface area contributed by atoms with Gasteiger partial charge < -0.3 is 10.6 Å². The molecule has 3 unspecified atom stereocenters. The minimum absolute atomic E-state index is 0.455. The Morgan fingerprint density at radius 1 is 1.24 bits per heavy atom. The molecule has 0 radical (unpaired) electrons. The molecule has 5 rings (SSSR count). The van der Waals surface area contributed by atoms with Crippen molar-refractivity contribution in [1.82, 2.24) is 10.6 Å². The van der Waals surface area contributed by atoms with Gasteiger partial charge in [0.25, 0.3) is 0 Å². The maximum absolute atomic E-state index is 10.3. The summed E-state index contributed by atoms with van der Waals surface area (Å²) in [6, 6.07) is 9.83. The summed E-state index contributed by atoms with van der Waals surface area (Å²) < 4.78 is 0. The zero-order valence-corrected chi connectivity index (χ0v) is 20.5. The van der Waals surface area contributed by atoms with Crippen LogP contribution in [0.15, 0.2) is 40.5 Å². The Hall–Kier alpha value is -2.38. The topological polar surface area (TPSA) is 60.2 Å². The van der Waals surface area contributed by atoms with E-state index >= 15 is 0 Å². The predicted molar refractivity (Wildman–Crippen MR) is 136 cm³/mol.